The number of pyridine rings is 1. The van der Waals surface area contributed by atoms with Gasteiger partial charge in [0.05, 0.1) is 5.75 Å². The third-order valence-corrected chi connectivity index (χ3v) is 4.73. The minimum atomic E-state index is -3.23. The molecule has 0 saturated carbocycles. The molecule has 1 aromatic heterocycles. The summed E-state index contributed by atoms with van der Waals surface area (Å²) in [4.78, 5) is 4.15. The molecule has 1 aromatic rings. The van der Waals surface area contributed by atoms with Gasteiger partial charge in [0.2, 0.25) is 10.0 Å². The number of aryl methyl sites for hydroxylation is 1. The summed E-state index contributed by atoms with van der Waals surface area (Å²) in [5.41, 5.74) is 1.81. The molecule has 2 rings (SSSR count). The van der Waals surface area contributed by atoms with E-state index in [9.17, 15) is 8.42 Å². The molecule has 106 valence electrons. The van der Waals surface area contributed by atoms with Crippen LogP contribution in [-0.4, -0.2) is 31.7 Å². The number of aromatic nitrogens is 1. The monoisotopic (exact) mass is 283 g/mol. The maximum absolute atomic E-state index is 12.0. The van der Waals surface area contributed by atoms with Crippen molar-refractivity contribution in [2.45, 2.75) is 38.8 Å². The van der Waals surface area contributed by atoms with Gasteiger partial charge in [-0.3, -0.25) is 4.98 Å². The second-order valence-corrected chi connectivity index (χ2v) is 6.91. The molecule has 0 amide bonds. The lowest BCUT2D eigenvalue weighted by molar-refractivity contribution is 0.422. The number of sulfonamides is 1. The van der Waals surface area contributed by atoms with E-state index in [1.807, 2.05) is 19.1 Å². The van der Waals surface area contributed by atoms with E-state index in [-0.39, 0.29) is 11.8 Å². The first kappa shape index (κ1) is 14.4. The first-order chi connectivity index (χ1) is 9.05. The Morgan fingerprint density at radius 1 is 1.42 bits per heavy atom. The molecular weight excluding hydrogens is 262 g/mol. The maximum Gasteiger partial charge on any atom is 0.213 e. The highest BCUT2D eigenvalue weighted by Gasteiger charge is 2.20. The van der Waals surface area contributed by atoms with Gasteiger partial charge < -0.3 is 5.32 Å². The molecule has 0 spiro atoms. The molecule has 2 N–H and O–H groups in total. The van der Waals surface area contributed by atoms with Crippen LogP contribution in [0.3, 0.4) is 0 Å². The van der Waals surface area contributed by atoms with Crippen molar-refractivity contribution in [3.8, 4) is 0 Å². The number of nitrogens with one attached hydrogen (secondary N) is 2. The van der Waals surface area contributed by atoms with Crippen LogP contribution in [0, 0.1) is 6.92 Å². The van der Waals surface area contributed by atoms with Crippen molar-refractivity contribution in [3.05, 3.63) is 29.6 Å². The molecule has 0 aromatic carbocycles. The molecule has 5 nitrogen and oxygen atoms in total. The Labute approximate surface area is 114 Å². The van der Waals surface area contributed by atoms with Crippen LogP contribution in [0.15, 0.2) is 18.3 Å². The molecule has 1 saturated heterocycles. The molecule has 0 bridgehead atoms. The summed E-state index contributed by atoms with van der Waals surface area (Å²) in [5.74, 6) is 0.159. The topological polar surface area (TPSA) is 71.1 Å². The first-order valence-electron chi connectivity index (χ1n) is 6.67. The van der Waals surface area contributed by atoms with Gasteiger partial charge in [0.25, 0.3) is 0 Å². The highest BCUT2D eigenvalue weighted by atomic mass is 32.2. The Morgan fingerprint density at radius 3 is 2.89 bits per heavy atom. The Kier molecular flexibility index (Phi) is 4.90. The predicted molar refractivity (Wildman–Crippen MR) is 75.2 cm³/mol. The van der Waals surface area contributed by atoms with Crippen molar-refractivity contribution in [1.82, 2.24) is 15.0 Å². The zero-order chi connectivity index (χ0) is 13.7. The summed E-state index contributed by atoms with van der Waals surface area (Å²) < 4.78 is 26.6. The molecule has 1 aliphatic rings. The van der Waals surface area contributed by atoms with Crippen LogP contribution in [0.2, 0.25) is 0 Å². The van der Waals surface area contributed by atoms with E-state index in [0.717, 1.165) is 37.1 Å². The van der Waals surface area contributed by atoms with Gasteiger partial charge in [-0.1, -0.05) is 12.5 Å². The van der Waals surface area contributed by atoms with Gasteiger partial charge in [0, 0.05) is 24.5 Å². The third-order valence-electron chi connectivity index (χ3n) is 3.30. The standard InChI is InChI=1S/C13H21N3O2S/c1-11-5-6-12(8-15-11)9-16-19(17,18)10-13-4-2-3-7-14-13/h5-6,8,13-14,16H,2-4,7,9-10H2,1H3. The second kappa shape index (κ2) is 6.45. The summed E-state index contributed by atoms with van der Waals surface area (Å²) in [5, 5.41) is 3.25. The van der Waals surface area contributed by atoms with Gasteiger partial charge >= 0.3 is 0 Å². The van der Waals surface area contributed by atoms with E-state index < -0.39 is 10.0 Å². The smallest absolute Gasteiger partial charge is 0.213 e. The second-order valence-electron chi connectivity index (χ2n) is 5.06. The van der Waals surface area contributed by atoms with E-state index in [1.165, 1.54) is 0 Å². The zero-order valence-corrected chi connectivity index (χ0v) is 12.0. The quantitative estimate of drug-likeness (QED) is 0.844. The van der Waals surface area contributed by atoms with Crippen LogP contribution in [0.4, 0.5) is 0 Å². The van der Waals surface area contributed by atoms with Crippen molar-refractivity contribution in [3.63, 3.8) is 0 Å². The summed E-state index contributed by atoms with van der Waals surface area (Å²) in [7, 11) is -3.23. The molecule has 2 heterocycles. The van der Waals surface area contributed by atoms with Gasteiger partial charge in [-0.15, -0.1) is 0 Å². The van der Waals surface area contributed by atoms with Gasteiger partial charge in [-0.2, -0.15) is 0 Å². The minimum Gasteiger partial charge on any atom is -0.313 e. The molecule has 1 aliphatic heterocycles. The number of piperidine rings is 1. The van der Waals surface area contributed by atoms with Gasteiger partial charge in [0.15, 0.2) is 0 Å². The van der Waals surface area contributed by atoms with E-state index >= 15 is 0 Å². The fourth-order valence-corrected chi connectivity index (χ4v) is 3.50. The van der Waals surface area contributed by atoms with E-state index in [2.05, 4.69) is 15.0 Å². The molecule has 1 fully saturated rings. The van der Waals surface area contributed by atoms with Crippen molar-refractivity contribution < 1.29 is 8.42 Å². The number of nitrogens with zero attached hydrogens (tertiary/aromatic N) is 1. The largest absolute Gasteiger partial charge is 0.313 e. The molecule has 0 aliphatic carbocycles. The van der Waals surface area contributed by atoms with Gasteiger partial charge in [0.1, 0.15) is 0 Å². The van der Waals surface area contributed by atoms with Crippen LogP contribution in [0.5, 0.6) is 0 Å². The van der Waals surface area contributed by atoms with Crippen molar-refractivity contribution >= 4 is 10.0 Å². The lowest BCUT2D eigenvalue weighted by Gasteiger charge is -2.23. The summed E-state index contributed by atoms with van der Waals surface area (Å²) >= 11 is 0. The average molecular weight is 283 g/mol. The summed E-state index contributed by atoms with van der Waals surface area (Å²) in [6, 6.07) is 3.86. The molecule has 1 unspecified atom stereocenters. The molecule has 19 heavy (non-hydrogen) atoms. The highest BCUT2D eigenvalue weighted by molar-refractivity contribution is 7.89. The highest BCUT2D eigenvalue weighted by Crippen LogP contribution is 2.09. The van der Waals surface area contributed by atoms with Crippen LogP contribution in [0.25, 0.3) is 0 Å². The lowest BCUT2D eigenvalue weighted by Crippen LogP contribution is -2.42. The average Bonchev–Trinajstić information content (AvgIpc) is 2.39. The fraction of sp³-hybridized carbons (Fsp3) is 0.615. The van der Waals surface area contributed by atoms with E-state index in [1.54, 1.807) is 6.20 Å². The van der Waals surface area contributed by atoms with Crippen LogP contribution in [0.1, 0.15) is 30.5 Å². The Balaban J connectivity index is 1.84. The normalized spacial score (nSPS) is 20.4. The summed E-state index contributed by atoms with van der Waals surface area (Å²) in [6.07, 6.45) is 4.89. The van der Waals surface area contributed by atoms with Crippen LogP contribution >= 0.6 is 0 Å². The van der Waals surface area contributed by atoms with Gasteiger partial charge in [-0.05, 0) is 37.9 Å². The first-order valence-corrected chi connectivity index (χ1v) is 8.33. The van der Waals surface area contributed by atoms with E-state index in [0.29, 0.717) is 6.54 Å². The fourth-order valence-electron chi connectivity index (χ4n) is 2.19. The summed E-state index contributed by atoms with van der Waals surface area (Å²) in [6.45, 7) is 3.13. The molecule has 1 atom stereocenters. The lowest BCUT2D eigenvalue weighted by atomic mass is 10.1. The molecule has 0 radical (unpaired) electrons. The molecular formula is C13H21N3O2S. The Morgan fingerprint density at radius 2 is 2.26 bits per heavy atom. The van der Waals surface area contributed by atoms with Crippen molar-refractivity contribution in [2.75, 3.05) is 12.3 Å². The predicted octanol–water partition coefficient (Wildman–Crippen LogP) is 0.952. The van der Waals surface area contributed by atoms with Crippen LogP contribution < -0.4 is 10.0 Å². The Bertz CT molecular complexity index is 493. The Hall–Kier alpha value is -0.980. The van der Waals surface area contributed by atoms with Crippen LogP contribution in [-0.2, 0) is 16.6 Å². The third kappa shape index (κ3) is 4.89. The van der Waals surface area contributed by atoms with Crippen molar-refractivity contribution in [1.29, 1.82) is 0 Å². The van der Waals surface area contributed by atoms with E-state index in [4.69, 9.17) is 0 Å². The SMILES string of the molecule is Cc1ccc(CNS(=O)(=O)CC2CCCCN2)cn1. The minimum absolute atomic E-state index is 0.0855. The zero-order valence-electron chi connectivity index (χ0n) is 11.2. The maximum atomic E-state index is 12.0. The number of rotatable bonds is 5. The number of hydrogen-bond acceptors (Lipinski definition) is 4. The van der Waals surface area contributed by atoms with Gasteiger partial charge in [-0.25, -0.2) is 13.1 Å². The molecule has 6 heteroatoms. The van der Waals surface area contributed by atoms with Crippen molar-refractivity contribution in [2.24, 2.45) is 0 Å². The number of hydrogen-bond donors (Lipinski definition) is 2.